The molecule has 164 valence electrons. The Morgan fingerprint density at radius 2 is 1.38 bits per heavy atom. The summed E-state index contributed by atoms with van der Waals surface area (Å²) in [6, 6.07) is 9.37. The highest BCUT2D eigenvalue weighted by molar-refractivity contribution is 7.57. The lowest BCUT2D eigenvalue weighted by atomic mass is 9.94. The van der Waals surface area contributed by atoms with Gasteiger partial charge in [-0.1, -0.05) is 68.9 Å². The highest BCUT2D eigenvalue weighted by Gasteiger charge is 2.18. The zero-order valence-corrected chi connectivity index (χ0v) is 18.1. The second-order valence-corrected chi connectivity index (χ2v) is 10.3. The van der Waals surface area contributed by atoms with Gasteiger partial charge in [0, 0.05) is 18.7 Å². The summed E-state index contributed by atoms with van der Waals surface area (Å²) in [4.78, 5) is 31.9. The first-order chi connectivity index (χ1) is 13.8. The van der Waals surface area contributed by atoms with E-state index in [0.717, 1.165) is 44.1 Å². The molecule has 0 bridgehead atoms. The number of hydrogen-bond donors (Lipinski definition) is 3. The molecular formula is C22H35O6P. The van der Waals surface area contributed by atoms with Gasteiger partial charge in [-0.05, 0) is 31.2 Å². The maximum atomic E-state index is 12.3. The minimum absolute atomic E-state index is 0.143. The predicted molar refractivity (Wildman–Crippen MR) is 114 cm³/mol. The van der Waals surface area contributed by atoms with E-state index in [9.17, 15) is 24.2 Å². The van der Waals surface area contributed by atoms with Gasteiger partial charge in [0.25, 0.3) is 0 Å². The molecule has 0 aliphatic carbocycles. The van der Waals surface area contributed by atoms with Gasteiger partial charge in [-0.2, -0.15) is 0 Å². The molecule has 0 heterocycles. The van der Waals surface area contributed by atoms with Gasteiger partial charge in [-0.3, -0.25) is 14.2 Å². The van der Waals surface area contributed by atoms with Crippen LogP contribution in [0.2, 0.25) is 0 Å². The first-order valence-corrected chi connectivity index (χ1v) is 12.6. The van der Waals surface area contributed by atoms with Crippen molar-refractivity contribution in [1.82, 2.24) is 0 Å². The molecule has 0 radical (unpaired) electrons. The maximum absolute atomic E-state index is 12.3. The number of hydrogen-bond acceptors (Lipinski definition) is 3. The lowest BCUT2D eigenvalue weighted by Gasteiger charge is -2.13. The SMILES string of the molecule is O=C(O)CCCCCC(CCCCCCCP(=O)(O)Cc1ccccc1)C(=O)O. The van der Waals surface area contributed by atoms with Crippen LogP contribution in [0.15, 0.2) is 30.3 Å². The first kappa shape index (κ1) is 25.4. The van der Waals surface area contributed by atoms with Gasteiger partial charge in [0.2, 0.25) is 7.37 Å². The summed E-state index contributed by atoms with van der Waals surface area (Å²) in [6.45, 7) is 0. The van der Waals surface area contributed by atoms with Crippen LogP contribution >= 0.6 is 7.37 Å². The lowest BCUT2D eigenvalue weighted by molar-refractivity contribution is -0.142. The maximum Gasteiger partial charge on any atom is 0.306 e. The van der Waals surface area contributed by atoms with Crippen molar-refractivity contribution in [2.75, 3.05) is 6.16 Å². The minimum Gasteiger partial charge on any atom is -0.481 e. The van der Waals surface area contributed by atoms with Crippen molar-refractivity contribution in [2.45, 2.75) is 76.8 Å². The monoisotopic (exact) mass is 426 g/mol. The van der Waals surface area contributed by atoms with Crippen LogP contribution in [0.3, 0.4) is 0 Å². The average Bonchev–Trinajstić information content (AvgIpc) is 2.65. The molecule has 2 unspecified atom stereocenters. The minimum atomic E-state index is -3.14. The molecule has 1 rings (SSSR count). The van der Waals surface area contributed by atoms with Crippen LogP contribution in [-0.2, 0) is 20.3 Å². The van der Waals surface area contributed by atoms with Crippen molar-refractivity contribution in [2.24, 2.45) is 5.92 Å². The van der Waals surface area contributed by atoms with E-state index in [1.165, 1.54) is 0 Å². The van der Waals surface area contributed by atoms with E-state index in [1.807, 2.05) is 30.3 Å². The summed E-state index contributed by atoms with van der Waals surface area (Å²) in [5, 5.41) is 17.9. The highest BCUT2D eigenvalue weighted by Crippen LogP contribution is 2.45. The summed E-state index contributed by atoms with van der Waals surface area (Å²) in [5.41, 5.74) is 0.890. The van der Waals surface area contributed by atoms with Crippen LogP contribution in [0.4, 0.5) is 0 Å². The molecule has 29 heavy (non-hydrogen) atoms. The molecule has 1 aromatic carbocycles. The van der Waals surface area contributed by atoms with E-state index in [2.05, 4.69) is 0 Å². The molecule has 1 aromatic rings. The molecule has 0 aliphatic rings. The van der Waals surface area contributed by atoms with Crippen molar-refractivity contribution in [3.63, 3.8) is 0 Å². The van der Waals surface area contributed by atoms with E-state index in [0.29, 0.717) is 31.8 Å². The fourth-order valence-corrected chi connectivity index (χ4v) is 5.12. The molecule has 0 amide bonds. The molecule has 3 N–H and O–H groups in total. The largest absolute Gasteiger partial charge is 0.481 e. The summed E-state index contributed by atoms with van der Waals surface area (Å²) in [5.74, 6) is -1.94. The smallest absolute Gasteiger partial charge is 0.306 e. The van der Waals surface area contributed by atoms with Crippen molar-refractivity contribution in [3.05, 3.63) is 35.9 Å². The predicted octanol–water partition coefficient (Wildman–Crippen LogP) is 5.53. The molecule has 0 aromatic heterocycles. The Labute approximate surface area is 173 Å². The lowest BCUT2D eigenvalue weighted by Crippen LogP contribution is -2.13. The van der Waals surface area contributed by atoms with Crippen molar-refractivity contribution < 1.29 is 29.3 Å². The van der Waals surface area contributed by atoms with E-state index >= 15 is 0 Å². The number of rotatable bonds is 17. The number of benzene rings is 1. The van der Waals surface area contributed by atoms with Crippen LogP contribution in [-0.4, -0.2) is 33.2 Å². The van der Waals surface area contributed by atoms with E-state index in [1.54, 1.807) is 0 Å². The van der Waals surface area contributed by atoms with Gasteiger partial charge in [0.15, 0.2) is 0 Å². The molecule has 6 nitrogen and oxygen atoms in total. The molecular weight excluding hydrogens is 391 g/mol. The van der Waals surface area contributed by atoms with E-state index < -0.39 is 19.3 Å². The van der Waals surface area contributed by atoms with Crippen LogP contribution in [0.5, 0.6) is 0 Å². The van der Waals surface area contributed by atoms with Crippen LogP contribution in [0.25, 0.3) is 0 Å². The van der Waals surface area contributed by atoms with Crippen LogP contribution in [0, 0.1) is 5.92 Å². The van der Waals surface area contributed by atoms with Crippen molar-refractivity contribution in [3.8, 4) is 0 Å². The standard InChI is InChI=1S/C22H35O6P/c23-21(24)16-10-5-9-15-20(22(25)26)14-8-2-1-3-11-17-29(27,28)18-19-12-6-4-7-13-19/h4,6-7,12-13,20H,1-3,5,8-11,14-18H2,(H,23,24)(H,25,26)(H,27,28). The molecule has 2 atom stereocenters. The van der Waals surface area contributed by atoms with Gasteiger partial charge in [0.05, 0.1) is 5.92 Å². The molecule has 0 saturated heterocycles. The number of carboxylic acid groups (broad SMARTS) is 2. The van der Waals surface area contributed by atoms with Gasteiger partial charge < -0.3 is 15.1 Å². The molecule has 7 heteroatoms. The number of aliphatic carboxylic acids is 2. The third-order valence-electron chi connectivity index (χ3n) is 5.13. The number of unbranched alkanes of at least 4 members (excludes halogenated alkanes) is 6. The second-order valence-electron chi connectivity index (χ2n) is 7.80. The zero-order chi connectivity index (χ0) is 21.5. The van der Waals surface area contributed by atoms with Gasteiger partial charge in [-0.25, -0.2) is 0 Å². The van der Waals surface area contributed by atoms with Crippen LogP contribution in [0.1, 0.15) is 76.2 Å². The third kappa shape index (κ3) is 13.2. The first-order valence-electron chi connectivity index (χ1n) is 10.6. The fourth-order valence-electron chi connectivity index (χ4n) is 3.46. The Hall–Kier alpha value is -1.65. The van der Waals surface area contributed by atoms with Crippen molar-refractivity contribution in [1.29, 1.82) is 0 Å². The average molecular weight is 426 g/mol. The van der Waals surface area contributed by atoms with E-state index in [4.69, 9.17) is 5.11 Å². The highest BCUT2D eigenvalue weighted by atomic mass is 31.2. The fraction of sp³-hybridized carbons (Fsp3) is 0.636. The molecule has 0 saturated carbocycles. The van der Waals surface area contributed by atoms with Crippen LogP contribution < -0.4 is 0 Å². The topological polar surface area (TPSA) is 112 Å². The zero-order valence-electron chi connectivity index (χ0n) is 17.2. The Morgan fingerprint density at radius 1 is 0.828 bits per heavy atom. The molecule has 0 fully saturated rings. The van der Waals surface area contributed by atoms with Gasteiger partial charge in [0.1, 0.15) is 0 Å². The molecule has 0 spiro atoms. The van der Waals surface area contributed by atoms with E-state index in [-0.39, 0.29) is 18.5 Å². The van der Waals surface area contributed by atoms with Gasteiger partial charge in [-0.15, -0.1) is 0 Å². The number of carbonyl (C=O) groups is 2. The summed E-state index contributed by atoms with van der Waals surface area (Å²) < 4.78 is 12.3. The number of carboxylic acids is 2. The quantitative estimate of drug-likeness (QED) is 0.223. The summed E-state index contributed by atoms with van der Waals surface area (Å²) >= 11 is 0. The van der Waals surface area contributed by atoms with Gasteiger partial charge >= 0.3 is 11.9 Å². The summed E-state index contributed by atoms with van der Waals surface area (Å²) in [6.07, 6.45) is 8.33. The Kier molecular flexibility index (Phi) is 12.6. The van der Waals surface area contributed by atoms with Crippen molar-refractivity contribution >= 4 is 19.3 Å². The molecule has 0 aliphatic heterocycles. The summed E-state index contributed by atoms with van der Waals surface area (Å²) in [7, 11) is -3.14. The second kappa shape index (κ2) is 14.4. The Balaban J connectivity index is 2.11. The Morgan fingerprint density at radius 3 is 1.97 bits per heavy atom. The third-order valence-corrected chi connectivity index (χ3v) is 7.00. The normalized spacial score (nSPS) is 14.2. The Bertz CT molecular complexity index is 646.